The Balaban J connectivity index is 1.27. The molecule has 1 N–H and O–H groups in total. The van der Waals surface area contributed by atoms with Gasteiger partial charge in [0.05, 0.1) is 10.9 Å². The Morgan fingerprint density at radius 1 is 0.970 bits per heavy atom. The van der Waals surface area contributed by atoms with Crippen LogP contribution in [-0.2, 0) is 4.79 Å². The van der Waals surface area contributed by atoms with Gasteiger partial charge in [0.1, 0.15) is 30.8 Å². The first-order valence-electron chi connectivity index (χ1n) is 10.2. The van der Waals surface area contributed by atoms with Crippen molar-refractivity contribution >= 4 is 34.2 Å². The third-order valence-corrected chi connectivity index (χ3v) is 5.35. The van der Waals surface area contributed by atoms with Crippen molar-refractivity contribution in [2.75, 3.05) is 25.1 Å². The fraction of sp³-hybridized carbons (Fsp3) is 0.120. The molecule has 1 amide bonds. The molecule has 0 saturated carbocycles. The number of benzene rings is 3. The molecule has 0 spiro atoms. The van der Waals surface area contributed by atoms with Crippen LogP contribution in [0.5, 0.6) is 17.2 Å². The molecule has 7 nitrogen and oxygen atoms in total. The predicted molar refractivity (Wildman–Crippen MR) is 124 cm³/mol. The van der Waals surface area contributed by atoms with Gasteiger partial charge in [0, 0.05) is 22.8 Å². The summed E-state index contributed by atoms with van der Waals surface area (Å²) < 4.78 is 22.2. The third-order valence-electron chi connectivity index (χ3n) is 5.10. The van der Waals surface area contributed by atoms with Crippen molar-refractivity contribution in [1.29, 1.82) is 0 Å². The second kappa shape index (κ2) is 8.88. The molecule has 0 fully saturated rings. The lowest BCUT2D eigenvalue weighted by atomic mass is 10.1. The van der Waals surface area contributed by atoms with E-state index >= 15 is 0 Å². The minimum Gasteiger partial charge on any atom is -0.486 e. The Hall–Kier alpha value is -3.97. The quantitative estimate of drug-likeness (QED) is 0.453. The first-order chi connectivity index (χ1) is 16.1. The van der Waals surface area contributed by atoms with Crippen molar-refractivity contribution in [1.82, 2.24) is 0 Å². The molecule has 0 bridgehead atoms. The van der Waals surface area contributed by atoms with Crippen LogP contribution in [0.15, 0.2) is 76.1 Å². The fourth-order valence-corrected chi connectivity index (χ4v) is 3.62. The molecule has 8 heteroatoms. The van der Waals surface area contributed by atoms with Crippen LogP contribution in [0.2, 0.25) is 5.02 Å². The number of halogens is 1. The molecular weight excluding hydrogens is 446 g/mol. The minimum absolute atomic E-state index is 0.165. The summed E-state index contributed by atoms with van der Waals surface area (Å²) in [5.41, 5.74) is 1.92. The highest BCUT2D eigenvalue weighted by Gasteiger charge is 2.14. The number of nitrogens with one attached hydrogen (secondary N) is 1. The number of fused-ring (bicyclic) bond motifs is 2. The highest BCUT2D eigenvalue weighted by molar-refractivity contribution is 6.30. The molecule has 0 atom stereocenters. The Morgan fingerprint density at radius 3 is 2.58 bits per heavy atom. The van der Waals surface area contributed by atoms with Crippen LogP contribution in [0.1, 0.15) is 0 Å². The number of carbonyl (C=O) groups is 1. The van der Waals surface area contributed by atoms with E-state index in [9.17, 15) is 9.59 Å². The van der Waals surface area contributed by atoms with Gasteiger partial charge in [-0.3, -0.25) is 9.59 Å². The van der Waals surface area contributed by atoms with E-state index in [1.165, 1.54) is 6.26 Å². The first kappa shape index (κ1) is 20.9. The summed E-state index contributed by atoms with van der Waals surface area (Å²) in [6.07, 6.45) is 1.41. The maximum atomic E-state index is 12.9. The molecule has 4 aromatic rings. The van der Waals surface area contributed by atoms with Crippen molar-refractivity contribution < 1.29 is 23.4 Å². The summed E-state index contributed by atoms with van der Waals surface area (Å²) in [7, 11) is 0. The molecule has 0 aliphatic carbocycles. The number of amides is 1. The van der Waals surface area contributed by atoms with Gasteiger partial charge < -0.3 is 23.9 Å². The number of anilines is 1. The van der Waals surface area contributed by atoms with E-state index in [0.29, 0.717) is 63.3 Å². The molecule has 3 aromatic carbocycles. The van der Waals surface area contributed by atoms with Gasteiger partial charge >= 0.3 is 0 Å². The van der Waals surface area contributed by atoms with Gasteiger partial charge in [-0.05, 0) is 42.0 Å². The van der Waals surface area contributed by atoms with Crippen LogP contribution in [0.25, 0.3) is 22.1 Å². The average molecular weight is 464 g/mol. The topological polar surface area (TPSA) is 87.0 Å². The molecule has 1 aliphatic heterocycles. The Kier molecular flexibility index (Phi) is 5.62. The van der Waals surface area contributed by atoms with E-state index in [4.69, 9.17) is 30.2 Å². The van der Waals surface area contributed by atoms with Gasteiger partial charge in [-0.15, -0.1) is 0 Å². The van der Waals surface area contributed by atoms with E-state index < -0.39 is 0 Å². The normalized spacial score (nSPS) is 12.4. The molecule has 0 radical (unpaired) electrons. The summed E-state index contributed by atoms with van der Waals surface area (Å²) >= 11 is 5.92. The van der Waals surface area contributed by atoms with E-state index in [1.54, 1.807) is 60.7 Å². The van der Waals surface area contributed by atoms with Gasteiger partial charge in [0.15, 0.2) is 23.5 Å². The molecule has 166 valence electrons. The lowest BCUT2D eigenvalue weighted by molar-refractivity contribution is -0.118. The van der Waals surface area contributed by atoms with Crippen LogP contribution < -0.4 is 25.0 Å². The monoisotopic (exact) mass is 463 g/mol. The van der Waals surface area contributed by atoms with Crippen molar-refractivity contribution in [3.63, 3.8) is 0 Å². The zero-order chi connectivity index (χ0) is 22.8. The van der Waals surface area contributed by atoms with Crippen LogP contribution in [-0.4, -0.2) is 25.7 Å². The second-order valence-electron chi connectivity index (χ2n) is 7.34. The summed E-state index contributed by atoms with van der Waals surface area (Å²) in [6.45, 7) is 0.751. The van der Waals surface area contributed by atoms with Crippen molar-refractivity contribution in [2.24, 2.45) is 0 Å². The number of ether oxygens (including phenoxy) is 3. The van der Waals surface area contributed by atoms with Crippen LogP contribution in [0.3, 0.4) is 0 Å². The van der Waals surface area contributed by atoms with Crippen LogP contribution >= 0.6 is 11.6 Å². The molecule has 1 aliphatic rings. The molecular formula is C25H18ClNO6. The molecule has 2 heterocycles. The predicted octanol–water partition coefficient (Wildman–Crippen LogP) is 4.90. The second-order valence-corrected chi connectivity index (χ2v) is 7.78. The smallest absolute Gasteiger partial charge is 0.262 e. The lowest BCUT2D eigenvalue weighted by Crippen LogP contribution is -2.20. The number of hydrogen-bond acceptors (Lipinski definition) is 6. The van der Waals surface area contributed by atoms with Crippen LogP contribution in [0.4, 0.5) is 5.69 Å². The molecule has 5 rings (SSSR count). The van der Waals surface area contributed by atoms with Crippen molar-refractivity contribution in [3.05, 3.63) is 82.2 Å². The molecule has 33 heavy (non-hydrogen) atoms. The molecule has 0 saturated heterocycles. The maximum Gasteiger partial charge on any atom is 0.262 e. The third kappa shape index (κ3) is 4.49. The van der Waals surface area contributed by atoms with E-state index in [2.05, 4.69) is 5.32 Å². The Labute approximate surface area is 193 Å². The zero-order valence-corrected chi connectivity index (χ0v) is 18.1. The summed E-state index contributed by atoms with van der Waals surface area (Å²) in [4.78, 5) is 25.2. The number of rotatable bonds is 5. The fourth-order valence-electron chi connectivity index (χ4n) is 3.49. The van der Waals surface area contributed by atoms with E-state index in [1.807, 2.05) is 0 Å². The van der Waals surface area contributed by atoms with Crippen molar-refractivity contribution in [2.45, 2.75) is 0 Å². The lowest BCUT2D eigenvalue weighted by Gasteiger charge is -2.19. The summed E-state index contributed by atoms with van der Waals surface area (Å²) in [6, 6.07) is 17.0. The Morgan fingerprint density at radius 2 is 1.76 bits per heavy atom. The molecule has 0 unspecified atom stereocenters. The van der Waals surface area contributed by atoms with E-state index in [0.717, 1.165) is 0 Å². The maximum absolute atomic E-state index is 12.9. The zero-order valence-electron chi connectivity index (χ0n) is 17.3. The van der Waals surface area contributed by atoms with E-state index in [-0.39, 0.29) is 17.9 Å². The highest BCUT2D eigenvalue weighted by Crippen LogP contribution is 2.32. The van der Waals surface area contributed by atoms with Crippen LogP contribution in [0, 0.1) is 0 Å². The first-order valence-corrected chi connectivity index (χ1v) is 10.6. The highest BCUT2D eigenvalue weighted by atomic mass is 35.5. The minimum atomic E-state index is -0.341. The van der Waals surface area contributed by atoms with Crippen molar-refractivity contribution in [3.8, 4) is 28.4 Å². The summed E-state index contributed by atoms with van der Waals surface area (Å²) in [5.74, 6) is 1.29. The SMILES string of the molecule is O=C(COc1ccc2c(=O)c(-c3ccc(Cl)cc3)coc2c1)Nc1ccc2c(c1)OCCO2. The standard InChI is InChI=1S/C25H18ClNO6/c26-16-3-1-15(2-4-16)20-13-33-22-12-18(6-7-19(22)25(20)29)32-14-24(28)27-17-5-8-21-23(11-17)31-10-9-30-21/h1-8,11-13H,9-10,14H2,(H,27,28). The van der Waals surface area contributed by atoms with Gasteiger partial charge in [-0.1, -0.05) is 23.7 Å². The molecule has 1 aromatic heterocycles. The number of hydrogen-bond donors (Lipinski definition) is 1. The number of carbonyl (C=O) groups excluding carboxylic acids is 1. The van der Waals surface area contributed by atoms with Gasteiger partial charge in [0.25, 0.3) is 5.91 Å². The summed E-state index contributed by atoms with van der Waals surface area (Å²) in [5, 5.41) is 3.76. The van der Waals surface area contributed by atoms with Gasteiger partial charge in [-0.25, -0.2) is 0 Å². The Bertz CT molecular complexity index is 1400. The average Bonchev–Trinajstić information content (AvgIpc) is 2.83. The van der Waals surface area contributed by atoms with Gasteiger partial charge in [-0.2, -0.15) is 0 Å². The largest absolute Gasteiger partial charge is 0.486 e. The van der Waals surface area contributed by atoms with Gasteiger partial charge in [0.2, 0.25) is 0 Å².